The Morgan fingerprint density at radius 2 is 0.566 bits per heavy atom. The first-order valence-electron chi connectivity index (χ1n) is 30.1. The lowest BCUT2D eigenvalue weighted by atomic mass is 10.2. The zero-order chi connectivity index (χ0) is 59.2. The Morgan fingerprint density at radius 1 is 0.276 bits per heavy atom. The molecule has 0 aliphatic rings. The van der Waals surface area contributed by atoms with E-state index in [-0.39, 0.29) is 52.3 Å². The van der Waals surface area contributed by atoms with Gasteiger partial charge in [-0.2, -0.15) is 15.0 Å². The molecule has 0 bridgehead atoms. The van der Waals surface area contributed by atoms with Crippen molar-refractivity contribution in [2.45, 2.75) is 0 Å². The predicted octanol–water partition coefficient (Wildman–Crippen LogP) is 10.5. The molecule has 0 amide bonds. The molecule has 3 heterocycles. The second-order valence-electron chi connectivity index (χ2n) is 18.8. The van der Waals surface area contributed by atoms with Gasteiger partial charge in [-0.3, -0.25) is 9.13 Å². The first-order chi connectivity index (χ1) is 41.8. The fraction of sp³-hybridized carbons (Fsp3) is 0. The van der Waals surface area contributed by atoms with Gasteiger partial charge in [0.15, 0.2) is 22.0 Å². The molecule has 0 saturated carbocycles. The van der Waals surface area contributed by atoms with Crippen LogP contribution in [-0.4, -0.2) is 40.2 Å². The number of para-hydroxylation sites is 4. The Balaban J connectivity index is 1.24. The molecule has 0 atom stereocenters. The summed E-state index contributed by atoms with van der Waals surface area (Å²) in [5.74, 6) is 0.778. The standard InChI is InChI=1S/C69H49N5Si2/c1-7-27-51(28-8-1)75(52-29-9-2-10-30-52,53-31-11-3-12-32-53)57-47-50(48-58(49-57)76(54-33-13-4-14-34-54,55-35-15-5-16-36-55)56-37-17-6-18-38-56)67-70-68(73-63-43-23-19-39-59(63)60-40-20-24-44-64(60)73)72-69(71-67)74-65-45-25-21-41-61(65)62-42-22-26-46-66(62)74/h1-49H/i1D,4D,7D,8D,13D,14D,27D,28D,33D,34D. The Kier molecular flexibility index (Phi) is 8.78. The number of nitrogens with zero attached hydrogens (tertiary/aromatic N) is 5. The zero-order valence-corrected chi connectivity index (χ0v) is 42.8. The molecular weight excluding hydrogens is 955 g/mol. The van der Waals surface area contributed by atoms with Crippen molar-refractivity contribution < 1.29 is 13.7 Å². The van der Waals surface area contributed by atoms with Crippen LogP contribution in [0.15, 0.2) is 297 Å². The average Bonchev–Trinajstić information content (AvgIpc) is 1.01. The van der Waals surface area contributed by atoms with Gasteiger partial charge in [0.25, 0.3) is 0 Å². The maximum atomic E-state index is 10.1. The minimum absolute atomic E-state index is 0.103. The summed E-state index contributed by atoms with van der Waals surface area (Å²) in [5.41, 5.74) is 3.80. The lowest BCUT2D eigenvalue weighted by molar-refractivity contribution is 0.893. The summed E-state index contributed by atoms with van der Waals surface area (Å²) in [6, 6.07) is 72.1. The van der Waals surface area contributed by atoms with Crippen molar-refractivity contribution in [3.8, 4) is 23.3 Å². The van der Waals surface area contributed by atoms with Gasteiger partial charge in [0, 0.05) is 27.1 Å². The second kappa shape index (κ2) is 18.7. The van der Waals surface area contributed by atoms with Gasteiger partial charge in [-0.05, 0) is 65.8 Å². The normalized spacial score (nSPS) is 13.8. The van der Waals surface area contributed by atoms with Crippen molar-refractivity contribution in [1.82, 2.24) is 24.1 Å². The van der Waals surface area contributed by atoms with E-state index in [0.717, 1.165) is 43.6 Å². The van der Waals surface area contributed by atoms with E-state index in [2.05, 4.69) is 24.3 Å². The highest BCUT2D eigenvalue weighted by molar-refractivity contribution is 7.22. The van der Waals surface area contributed by atoms with Gasteiger partial charge in [0.2, 0.25) is 11.9 Å². The maximum Gasteiger partial charge on any atom is 0.240 e. The van der Waals surface area contributed by atoms with Crippen LogP contribution < -0.4 is 41.5 Å². The summed E-state index contributed by atoms with van der Waals surface area (Å²) in [7, 11) is -8.69. The summed E-state index contributed by atoms with van der Waals surface area (Å²) >= 11 is 0. The van der Waals surface area contributed by atoms with E-state index in [0.29, 0.717) is 36.7 Å². The topological polar surface area (TPSA) is 48.5 Å². The van der Waals surface area contributed by atoms with Crippen molar-refractivity contribution in [3.63, 3.8) is 0 Å². The van der Waals surface area contributed by atoms with Crippen LogP contribution in [0.25, 0.3) is 66.9 Å². The Morgan fingerprint density at radius 3 is 0.882 bits per heavy atom. The van der Waals surface area contributed by atoms with Gasteiger partial charge >= 0.3 is 0 Å². The molecule has 0 aliphatic heterocycles. The van der Waals surface area contributed by atoms with Gasteiger partial charge in [0.05, 0.1) is 35.8 Å². The van der Waals surface area contributed by atoms with Gasteiger partial charge in [-0.25, -0.2) is 0 Å². The van der Waals surface area contributed by atoms with Crippen LogP contribution in [0.2, 0.25) is 0 Å². The third-order valence-electron chi connectivity index (χ3n) is 14.8. The quantitative estimate of drug-likeness (QED) is 0.0958. The monoisotopic (exact) mass is 1010 g/mol. The van der Waals surface area contributed by atoms with Crippen LogP contribution in [0.3, 0.4) is 0 Å². The molecule has 3 aromatic heterocycles. The first kappa shape index (κ1) is 35.6. The fourth-order valence-electron chi connectivity index (χ4n) is 11.6. The second-order valence-corrected chi connectivity index (χ2v) is 26.2. The third-order valence-corrected chi connectivity index (χ3v) is 23.9. The number of fused-ring (bicyclic) bond motifs is 6. The molecule has 0 radical (unpaired) electrons. The number of hydrogen-bond donors (Lipinski definition) is 0. The molecule has 14 aromatic rings. The van der Waals surface area contributed by atoms with Crippen LogP contribution in [0, 0.1) is 0 Å². The fourth-order valence-corrected chi connectivity index (χ4v) is 20.8. The van der Waals surface area contributed by atoms with E-state index in [4.69, 9.17) is 17.7 Å². The summed E-state index contributed by atoms with van der Waals surface area (Å²) in [6.07, 6.45) is 0. The average molecular weight is 1010 g/mol. The van der Waals surface area contributed by atoms with E-state index in [1.54, 1.807) is 0 Å². The maximum absolute atomic E-state index is 10.1. The van der Waals surface area contributed by atoms with Crippen molar-refractivity contribution in [1.29, 1.82) is 0 Å². The van der Waals surface area contributed by atoms with Crippen LogP contribution >= 0.6 is 0 Å². The Hall–Kier alpha value is -9.54. The Bertz CT molecular complexity index is 4480. The number of aromatic nitrogens is 5. The summed E-state index contributed by atoms with van der Waals surface area (Å²) in [6.45, 7) is 0. The van der Waals surface area contributed by atoms with E-state index in [1.165, 1.54) is 0 Å². The highest BCUT2D eigenvalue weighted by atomic mass is 28.3. The summed E-state index contributed by atoms with van der Waals surface area (Å²) in [5, 5.41) is 7.98. The number of rotatable bonds is 11. The van der Waals surface area contributed by atoms with E-state index in [1.807, 2.05) is 221 Å². The Labute approximate surface area is 457 Å². The van der Waals surface area contributed by atoms with E-state index in [9.17, 15) is 11.0 Å². The van der Waals surface area contributed by atoms with E-state index >= 15 is 0 Å². The molecule has 7 heteroatoms. The minimum Gasteiger partial charge on any atom is -0.278 e. The van der Waals surface area contributed by atoms with Crippen molar-refractivity contribution >= 4 is 101 Å². The number of hydrogen-bond acceptors (Lipinski definition) is 3. The van der Waals surface area contributed by atoms with Gasteiger partial charge in [-0.15, -0.1) is 0 Å². The van der Waals surface area contributed by atoms with Crippen LogP contribution in [0.1, 0.15) is 13.7 Å². The largest absolute Gasteiger partial charge is 0.278 e. The molecule has 5 nitrogen and oxygen atoms in total. The van der Waals surface area contributed by atoms with Crippen molar-refractivity contribution in [3.05, 3.63) is 297 Å². The third kappa shape index (κ3) is 7.16. The van der Waals surface area contributed by atoms with Gasteiger partial charge in [0.1, 0.15) is 0 Å². The zero-order valence-electron chi connectivity index (χ0n) is 50.8. The predicted molar refractivity (Wildman–Crippen MR) is 321 cm³/mol. The summed E-state index contributed by atoms with van der Waals surface area (Å²) in [4.78, 5) is 16.7. The molecule has 358 valence electrons. The molecule has 0 spiro atoms. The lowest BCUT2D eigenvalue weighted by Gasteiger charge is -2.38. The molecule has 0 saturated heterocycles. The smallest absolute Gasteiger partial charge is 0.240 e. The van der Waals surface area contributed by atoms with Crippen LogP contribution in [-0.2, 0) is 0 Å². The molecule has 76 heavy (non-hydrogen) atoms. The number of benzene rings is 11. The molecule has 0 N–H and O–H groups in total. The van der Waals surface area contributed by atoms with Gasteiger partial charge < -0.3 is 0 Å². The molecule has 0 fully saturated rings. The van der Waals surface area contributed by atoms with Crippen LogP contribution in [0.4, 0.5) is 0 Å². The highest BCUT2D eigenvalue weighted by Gasteiger charge is 2.46. The highest BCUT2D eigenvalue weighted by Crippen LogP contribution is 2.34. The first-order valence-corrected chi connectivity index (χ1v) is 29.1. The van der Waals surface area contributed by atoms with E-state index < -0.39 is 52.4 Å². The summed E-state index contributed by atoms with van der Waals surface area (Å²) < 4.78 is 99.8. The van der Waals surface area contributed by atoms with Crippen molar-refractivity contribution in [2.24, 2.45) is 0 Å². The van der Waals surface area contributed by atoms with Crippen molar-refractivity contribution in [2.75, 3.05) is 0 Å². The minimum atomic E-state index is -4.34. The van der Waals surface area contributed by atoms with Gasteiger partial charge in [-0.1, -0.05) is 273 Å². The SMILES string of the molecule is [2H]c1c([2H])c([2H])c([Si](c2ccccc2)(c2ccccc2)c2cc(-c3nc(-n4c5ccccc5c5ccccc54)nc(-n4c5ccccc5c5ccccc54)n3)cc([Si](c3ccccc3)(c3ccccc3)c3c([2H])c([2H])c([2H])c([2H])c3[2H])c2)c([2H])c1[2H]. The lowest BCUT2D eigenvalue weighted by Crippen LogP contribution is -2.78. The van der Waals surface area contributed by atoms with Crippen LogP contribution in [0.5, 0.6) is 0 Å². The molecule has 11 aromatic carbocycles. The molecular formula is C69H49N5Si2. The molecule has 14 rings (SSSR count). The molecule has 0 unspecified atom stereocenters. The molecule has 0 aliphatic carbocycles.